The van der Waals surface area contributed by atoms with Crippen LogP contribution in [0.1, 0.15) is 0 Å². The van der Waals surface area contributed by atoms with Crippen molar-refractivity contribution in [3.05, 3.63) is 0 Å². The molecule has 1 atom stereocenters. The molecule has 18 heavy (non-hydrogen) atoms. The molecule has 0 bridgehead atoms. The number of carbonyl (C=O) groups excluding carboxylic acids is 2. The van der Waals surface area contributed by atoms with E-state index in [9.17, 15) is 9.59 Å². The number of nitrogens with two attached hydrogens (primary N) is 1. The number of primary amides is 1. The summed E-state index contributed by atoms with van der Waals surface area (Å²) in [4.78, 5) is 26.9. The van der Waals surface area contributed by atoms with Gasteiger partial charge in [0.25, 0.3) is 0 Å². The van der Waals surface area contributed by atoms with Gasteiger partial charge < -0.3 is 20.7 Å². The molecule has 0 aromatic carbocycles. The fraction of sp³-hybridized carbons (Fsp3) is 0.818. The molecule has 2 amide bonds. The molecule has 2 aliphatic rings. The molecule has 102 valence electrons. The van der Waals surface area contributed by atoms with Gasteiger partial charge in [0.2, 0.25) is 11.8 Å². The molecule has 2 aliphatic heterocycles. The summed E-state index contributed by atoms with van der Waals surface area (Å²) in [5.74, 6) is -0.262. The predicted molar refractivity (Wildman–Crippen MR) is 64.8 cm³/mol. The summed E-state index contributed by atoms with van der Waals surface area (Å²) >= 11 is 0. The average molecular weight is 256 g/mol. The summed E-state index contributed by atoms with van der Waals surface area (Å²) in [6.45, 7) is 4.84. The predicted octanol–water partition coefficient (Wildman–Crippen LogP) is -2.40. The van der Waals surface area contributed by atoms with Crippen molar-refractivity contribution in [2.24, 2.45) is 5.73 Å². The van der Waals surface area contributed by atoms with Gasteiger partial charge in [0.05, 0.1) is 25.8 Å². The number of rotatable bonds is 3. The van der Waals surface area contributed by atoms with Gasteiger partial charge in [-0.15, -0.1) is 0 Å². The lowest BCUT2D eigenvalue weighted by Gasteiger charge is -2.34. The van der Waals surface area contributed by atoms with E-state index in [0.717, 1.165) is 6.54 Å². The third kappa shape index (κ3) is 3.41. The number of carbonyl (C=O) groups is 2. The molecule has 0 radical (unpaired) electrons. The molecule has 7 heteroatoms. The normalized spacial score (nSPS) is 26.0. The van der Waals surface area contributed by atoms with Gasteiger partial charge in [-0.05, 0) is 0 Å². The average Bonchev–Trinajstić information content (AvgIpc) is 2.40. The number of morpholine rings is 1. The molecule has 1 unspecified atom stereocenters. The van der Waals surface area contributed by atoms with Gasteiger partial charge in [0.15, 0.2) is 0 Å². The van der Waals surface area contributed by atoms with E-state index in [0.29, 0.717) is 45.9 Å². The SMILES string of the molecule is NC(=O)C1CN(CC(=O)N2CCOCC2)CCN1. The van der Waals surface area contributed by atoms with Gasteiger partial charge in [-0.25, -0.2) is 0 Å². The fourth-order valence-corrected chi connectivity index (χ4v) is 2.25. The molecule has 2 fully saturated rings. The molecule has 0 aromatic rings. The van der Waals surface area contributed by atoms with Crippen LogP contribution in [-0.4, -0.2) is 80.1 Å². The van der Waals surface area contributed by atoms with Crippen LogP contribution in [0.15, 0.2) is 0 Å². The van der Waals surface area contributed by atoms with Crippen LogP contribution in [0.25, 0.3) is 0 Å². The Hall–Kier alpha value is -1.18. The van der Waals surface area contributed by atoms with E-state index < -0.39 is 0 Å². The zero-order valence-corrected chi connectivity index (χ0v) is 10.4. The minimum Gasteiger partial charge on any atom is -0.378 e. The Morgan fingerprint density at radius 3 is 2.67 bits per heavy atom. The third-order valence-electron chi connectivity index (χ3n) is 3.33. The van der Waals surface area contributed by atoms with E-state index in [1.807, 2.05) is 9.80 Å². The number of ether oxygens (including phenoxy) is 1. The summed E-state index contributed by atoms with van der Waals surface area (Å²) < 4.78 is 5.21. The van der Waals surface area contributed by atoms with Crippen LogP contribution in [0, 0.1) is 0 Å². The maximum Gasteiger partial charge on any atom is 0.236 e. The van der Waals surface area contributed by atoms with E-state index in [1.165, 1.54) is 0 Å². The van der Waals surface area contributed by atoms with Crippen molar-refractivity contribution in [3.63, 3.8) is 0 Å². The second-order valence-corrected chi connectivity index (χ2v) is 4.64. The van der Waals surface area contributed by atoms with Crippen molar-refractivity contribution in [2.45, 2.75) is 6.04 Å². The first-order chi connectivity index (χ1) is 8.66. The minimum atomic E-state index is -0.362. The Balaban J connectivity index is 1.81. The monoisotopic (exact) mass is 256 g/mol. The molecule has 2 heterocycles. The number of hydrogen-bond donors (Lipinski definition) is 2. The molecule has 2 saturated heterocycles. The van der Waals surface area contributed by atoms with Crippen LogP contribution in [0.2, 0.25) is 0 Å². The topological polar surface area (TPSA) is 87.9 Å². The lowest BCUT2D eigenvalue weighted by Crippen LogP contribution is -2.58. The lowest BCUT2D eigenvalue weighted by atomic mass is 10.2. The molecule has 0 saturated carbocycles. The summed E-state index contributed by atoms with van der Waals surface area (Å²) in [5.41, 5.74) is 5.26. The molecular weight excluding hydrogens is 236 g/mol. The molecule has 0 aromatic heterocycles. The van der Waals surface area contributed by atoms with Crippen LogP contribution in [-0.2, 0) is 14.3 Å². The van der Waals surface area contributed by atoms with Crippen LogP contribution < -0.4 is 11.1 Å². The molecular formula is C11H20N4O3. The number of nitrogens with one attached hydrogen (secondary N) is 1. The Labute approximate surface area is 106 Å². The zero-order valence-electron chi connectivity index (χ0n) is 10.4. The van der Waals surface area contributed by atoms with Crippen molar-refractivity contribution >= 4 is 11.8 Å². The van der Waals surface area contributed by atoms with Gasteiger partial charge in [-0.3, -0.25) is 14.5 Å². The number of piperazine rings is 1. The zero-order chi connectivity index (χ0) is 13.0. The summed E-state index contributed by atoms with van der Waals surface area (Å²) in [6.07, 6.45) is 0. The van der Waals surface area contributed by atoms with Gasteiger partial charge in [-0.2, -0.15) is 0 Å². The Morgan fingerprint density at radius 2 is 2.00 bits per heavy atom. The highest BCUT2D eigenvalue weighted by Crippen LogP contribution is 2.03. The van der Waals surface area contributed by atoms with E-state index in [2.05, 4.69) is 5.32 Å². The standard InChI is InChI=1S/C11H20N4O3/c12-11(17)9-7-14(2-1-13-9)8-10(16)15-3-5-18-6-4-15/h9,13H,1-8H2,(H2,12,17). The molecule has 2 rings (SSSR count). The quantitative estimate of drug-likeness (QED) is 0.588. The van der Waals surface area contributed by atoms with Crippen molar-refractivity contribution in [3.8, 4) is 0 Å². The van der Waals surface area contributed by atoms with E-state index in [1.54, 1.807) is 0 Å². The summed E-state index contributed by atoms with van der Waals surface area (Å²) in [5, 5.41) is 3.04. The highest BCUT2D eigenvalue weighted by atomic mass is 16.5. The highest BCUT2D eigenvalue weighted by molar-refractivity contribution is 5.81. The largest absolute Gasteiger partial charge is 0.378 e. The van der Waals surface area contributed by atoms with E-state index >= 15 is 0 Å². The van der Waals surface area contributed by atoms with Gasteiger partial charge in [-0.1, -0.05) is 0 Å². The maximum atomic E-state index is 12.0. The van der Waals surface area contributed by atoms with Crippen molar-refractivity contribution in [1.29, 1.82) is 0 Å². The van der Waals surface area contributed by atoms with Crippen LogP contribution in [0.3, 0.4) is 0 Å². The first-order valence-corrected chi connectivity index (χ1v) is 6.27. The molecule has 3 N–H and O–H groups in total. The summed E-state index contributed by atoms with van der Waals surface area (Å²) in [6, 6.07) is -0.351. The van der Waals surface area contributed by atoms with Gasteiger partial charge >= 0.3 is 0 Å². The number of amides is 2. The molecule has 0 aliphatic carbocycles. The number of hydrogen-bond acceptors (Lipinski definition) is 5. The Morgan fingerprint density at radius 1 is 1.28 bits per heavy atom. The fourth-order valence-electron chi connectivity index (χ4n) is 2.25. The van der Waals surface area contributed by atoms with E-state index in [-0.39, 0.29) is 17.9 Å². The second kappa shape index (κ2) is 6.12. The summed E-state index contributed by atoms with van der Waals surface area (Å²) in [7, 11) is 0. The smallest absolute Gasteiger partial charge is 0.236 e. The second-order valence-electron chi connectivity index (χ2n) is 4.64. The molecule has 0 spiro atoms. The maximum absolute atomic E-state index is 12.0. The van der Waals surface area contributed by atoms with Crippen molar-refractivity contribution in [2.75, 3.05) is 52.5 Å². The van der Waals surface area contributed by atoms with Crippen LogP contribution >= 0.6 is 0 Å². The first-order valence-electron chi connectivity index (χ1n) is 6.27. The Kier molecular flexibility index (Phi) is 4.51. The van der Waals surface area contributed by atoms with Gasteiger partial charge in [0, 0.05) is 32.7 Å². The van der Waals surface area contributed by atoms with Crippen molar-refractivity contribution in [1.82, 2.24) is 15.1 Å². The lowest BCUT2D eigenvalue weighted by molar-refractivity contribution is -0.137. The number of nitrogens with zero attached hydrogens (tertiary/aromatic N) is 2. The van der Waals surface area contributed by atoms with Crippen molar-refractivity contribution < 1.29 is 14.3 Å². The Bertz CT molecular complexity index is 317. The van der Waals surface area contributed by atoms with Crippen LogP contribution in [0.5, 0.6) is 0 Å². The van der Waals surface area contributed by atoms with E-state index in [4.69, 9.17) is 10.5 Å². The van der Waals surface area contributed by atoms with Crippen LogP contribution in [0.4, 0.5) is 0 Å². The first kappa shape index (κ1) is 13.3. The minimum absolute atomic E-state index is 0.100. The molecule has 7 nitrogen and oxygen atoms in total. The third-order valence-corrected chi connectivity index (χ3v) is 3.33. The van der Waals surface area contributed by atoms with Gasteiger partial charge in [0.1, 0.15) is 0 Å². The highest BCUT2D eigenvalue weighted by Gasteiger charge is 2.26.